The first kappa shape index (κ1) is 17.7. The third kappa shape index (κ3) is 2.59. The van der Waals surface area contributed by atoms with E-state index in [2.05, 4.69) is 4.28 Å². The summed E-state index contributed by atoms with van der Waals surface area (Å²) in [5.74, 6) is -1.70. The fraction of sp³-hybridized carbons (Fsp3) is 0.438. The summed E-state index contributed by atoms with van der Waals surface area (Å²) in [7, 11) is -4.69. The van der Waals surface area contributed by atoms with Crippen LogP contribution in [0.4, 0.5) is 13.2 Å². The van der Waals surface area contributed by atoms with Gasteiger partial charge in [-0.25, -0.2) is 4.79 Å². The molecule has 2 bridgehead atoms. The van der Waals surface area contributed by atoms with Crippen molar-refractivity contribution in [3.63, 3.8) is 0 Å². The van der Waals surface area contributed by atoms with E-state index < -0.39 is 43.4 Å². The molecule has 0 spiro atoms. The number of alkyl halides is 3. The number of quaternary nitrogens is 1. The number of nitrogens with zero attached hydrogens (tertiary/aromatic N) is 1. The molecule has 2 fully saturated rings. The normalized spacial score (nSPS) is 35.9. The van der Waals surface area contributed by atoms with Gasteiger partial charge in [0.2, 0.25) is 0 Å². The quantitative estimate of drug-likeness (QED) is 0.451. The van der Waals surface area contributed by atoms with E-state index >= 15 is 0 Å². The Kier molecular flexibility index (Phi) is 3.65. The van der Waals surface area contributed by atoms with Crippen molar-refractivity contribution in [2.75, 3.05) is 6.54 Å². The van der Waals surface area contributed by atoms with Gasteiger partial charge in [0.15, 0.2) is 0 Å². The van der Waals surface area contributed by atoms with Crippen LogP contribution in [0.2, 0.25) is 0 Å². The molecule has 5 atom stereocenters. The van der Waals surface area contributed by atoms with E-state index in [0.29, 0.717) is 24.3 Å². The van der Waals surface area contributed by atoms with Gasteiger partial charge in [0.05, 0.1) is 16.4 Å². The second-order valence-corrected chi connectivity index (χ2v) is 8.41. The van der Waals surface area contributed by atoms with E-state index in [-0.39, 0.29) is 24.3 Å². The van der Waals surface area contributed by atoms with Crippen molar-refractivity contribution in [1.29, 1.82) is 0 Å². The number of fused-ring (bicyclic) bond motifs is 5. The molecule has 1 heterocycles. The summed E-state index contributed by atoms with van der Waals surface area (Å²) in [4.78, 5) is 9.92. The van der Waals surface area contributed by atoms with E-state index in [0.717, 1.165) is 6.42 Å². The van der Waals surface area contributed by atoms with Crippen LogP contribution >= 0.6 is 0 Å². The first-order valence-corrected chi connectivity index (χ1v) is 9.37. The molecule has 0 aromatic heterocycles. The summed E-state index contributed by atoms with van der Waals surface area (Å²) < 4.78 is 67.0. The highest BCUT2D eigenvalue weighted by Crippen LogP contribution is 2.54. The van der Waals surface area contributed by atoms with Gasteiger partial charge in [-0.2, -0.15) is 21.6 Å². The molecule has 1 saturated heterocycles. The molecule has 26 heavy (non-hydrogen) atoms. The van der Waals surface area contributed by atoms with Crippen LogP contribution in [0.3, 0.4) is 0 Å². The standard InChI is InChI=1S/C16H14F3NO5S/c17-16(18,19)11-3-5-12(6-4-11)26(23,24)25-20(22)8-13-9-1-2-10(7-9)14(13)15(20)21/h1-6,9-10,13-14H,7-8H2. The molecule has 2 aliphatic carbocycles. The van der Waals surface area contributed by atoms with E-state index in [1.165, 1.54) is 0 Å². The number of rotatable bonds is 3. The fourth-order valence-corrected chi connectivity index (χ4v) is 5.22. The lowest BCUT2D eigenvalue weighted by Crippen LogP contribution is -2.47. The largest absolute Gasteiger partial charge is 0.590 e. The lowest BCUT2D eigenvalue weighted by Gasteiger charge is -2.31. The van der Waals surface area contributed by atoms with Crippen molar-refractivity contribution in [3.05, 3.63) is 47.2 Å². The van der Waals surface area contributed by atoms with Gasteiger partial charge in [-0.15, -0.1) is 4.81 Å². The topological polar surface area (TPSA) is 83.5 Å². The Morgan fingerprint density at radius 2 is 1.73 bits per heavy atom. The number of hydrogen-bond acceptors (Lipinski definition) is 5. The Bertz CT molecular complexity index is 895. The van der Waals surface area contributed by atoms with E-state index in [9.17, 15) is 31.6 Å². The highest BCUT2D eigenvalue weighted by Gasteiger charge is 2.62. The SMILES string of the molecule is O=C1C2C3C=CC(C3)C2C[N+]1([O-])OS(=O)(=O)c1ccc(C(F)(F)F)cc1. The lowest BCUT2D eigenvalue weighted by molar-refractivity contribution is -0.970. The molecule has 1 aromatic rings. The van der Waals surface area contributed by atoms with E-state index in [1.54, 1.807) is 0 Å². The zero-order chi connectivity index (χ0) is 18.9. The summed E-state index contributed by atoms with van der Waals surface area (Å²) in [6.45, 7) is -0.311. The Hall–Kier alpha value is -1.75. The summed E-state index contributed by atoms with van der Waals surface area (Å²) in [6, 6.07) is 2.57. The molecule has 3 aliphatic rings. The third-order valence-electron chi connectivity index (χ3n) is 5.38. The van der Waals surface area contributed by atoms with Crippen LogP contribution in [0.15, 0.2) is 41.3 Å². The highest BCUT2D eigenvalue weighted by molar-refractivity contribution is 7.86. The minimum Gasteiger partial charge on any atom is -0.590 e. The maximum absolute atomic E-state index is 12.8. The number of carbonyl (C=O) groups excluding carboxylic acids is 1. The second kappa shape index (κ2) is 5.38. The van der Waals surface area contributed by atoms with Gasteiger partial charge >= 0.3 is 22.2 Å². The number of amides is 1. The minimum atomic E-state index is -4.69. The van der Waals surface area contributed by atoms with Gasteiger partial charge < -0.3 is 5.21 Å². The molecule has 4 rings (SSSR count). The van der Waals surface area contributed by atoms with Crippen molar-refractivity contribution in [3.8, 4) is 0 Å². The van der Waals surface area contributed by atoms with Crippen LogP contribution in [-0.4, -0.2) is 25.7 Å². The Balaban J connectivity index is 1.57. The van der Waals surface area contributed by atoms with E-state index in [1.807, 2.05) is 12.2 Å². The van der Waals surface area contributed by atoms with Crippen molar-refractivity contribution in [2.24, 2.45) is 23.7 Å². The summed E-state index contributed by atoms with van der Waals surface area (Å²) in [6.07, 6.45) is -0.0558. The molecule has 1 aromatic carbocycles. The summed E-state index contributed by atoms with van der Waals surface area (Å²) in [5, 5.41) is 12.8. The van der Waals surface area contributed by atoms with Crippen molar-refractivity contribution >= 4 is 16.0 Å². The van der Waals surface area contributed by atoms with Gasteiger partial charge in [-0.05, 0) is 42.5 Å². The Morgan fingerprint density at radius 1 is 1.12 bits per heavy atom. The Morgan fingerprint density at radius 3 is 2.31 bits per heavy atom. The molecule has 10 heteroatoms. The zero-order valence-electron chi connectivity index (χ0n) is 13.2. The number of hydroxylamine groups is 4. The first-order valence-electron chi connectivity index (χ1n) is 7.96. The average Bonchev–Trinajstić information content (AvgIpc) is 3.20. The molecule has 0 radical (unpaired) electrons. The lowest BCUT2D eigenvalue weighted by atomic mass is 9.86. The number of carbonyl (C=O) groups is 1. The molecule has 140 valence electrons. The predicted octanol–water partition coefficient (Wildman–Crippen LogP) is 2.62. The molecular formula is C16H14F3NO5S. The van der Waals surface area contributed by atoms with Gasteiger partial charge in [0.1, 0.15) is 6.54 Å². The maximum atomic E-state index is 12.8. The van der Waals surface area contributed by atoms with Crippen molar-refractivity contribution < 1.29 is 35.5 Å². The smallest absolute Gasteiger partial charge is 0.416 e. The predicted molar refractivity (Wildman–Crippen MR) is 80.9 cm³/mol. The first-order chi connectivity index (χ1) is 12.0. The van der Waals surface area contributed by atoms with Crippen molar-refractivity contribution in [1.82, 2.24) is 0 Å². The fourth-order valence-electron chi connectivity index (χ4n) is 4.21. The van der Waals surface area contributed by atoms with Gasteiger partial charge in [-0.1, -0.05) is 16.4 Å². The molecule has 6 nitrogen and oxygen atoms in total. The number of benzene rings is 1. The van der Waals surface area contributed by atoms with E-state index in [4.69, 9.17) is 0 Å². The van der Waals surface area contributed by atoms with Crippen LogP contribution in [0.1, 0.15) is 12.0 Å². The summed E-state index contributed by atoms with van der Waals surface area (Å²) >= 11 is 0. The monoisotopic (exact) mass is 389 g/mol. The highest BCUT2D eigenvalue weighted by atomic mass is 32.2. The molecular weight excluding hydrogens is 375 g/mol. The molecule has 5 unspecified atom stereocenters. The van der Waals surface area contributed by atoms with Gasteiger partial charge in [0.25, 0.3) is 0 Å². The Labute approximate surface area is 147 Å². The maximum Gasteiger partial charge on any atom is 0.416 e. The zero-order valence-corrected chi connectivity index (χ0v) is 14.0. The minimum absolute atomic E-state index is 0.0558. The van der Waals surface area contributed by atoms with Crippen LogP contribution in [-0.2, 0) is 25.4 Å². The molecule has 1 aliphatic heterocycles. The van der Waals surface area contributed by atoms with Crippen LogP contribution in [0.5, 0.6) is 0 Å². The molecule has 1 saturated carbocycles. The average molecular weight is 389 g/mol. The van der Waals surface area contributed by atoms with Gasteiger partial charge in [-0.3, -0.25) is 0 Å². The van der Waals surface area contributed by atoms with Gasteiger partial charge in [0, 0.05) is 5.92 Å². The number of allylic oxidation sites excluding steroid dienone is 2. The van der Waals surface area contributed by atoms with Crippen LogP contribution < -0.4 is 0 Å². The van der Waals surface area contributed by atoms with Crippen LogP contribution in [0.25, 0.3) is 0 Å². The molecule has 0 N–H and O–H groups in total. The number of hydrogen-bond donors (Lipinski definition) is 0. The second-order valence-electron chi connectivity index (χ2n) is 6.88. The van der Waals surface area contributed by atoms with Crippen molar-refractivity contribution in [2.45, 2.75) is 17.5 Å². The molecule has 1 amide bonds. The summed E-state index contributed by atoms with van der Waals surface area (Å²) in [5.41, 5.74) is -1.03. The third-order valence-corrected chi connectivity index (χ3v) is 6.67. The number of halogens is 3. The van der Waals surface area contributed by atoms with Crippen LogP contribution in [0, 0.1) is 28.9 Å².